The van der Waals surface area contributed by atoms with Crippen molar-refractivity contribution in [3.63, 3.8) is 0 Å². The summed E-state index contributed by atoms with van der Waals surface area (Å²) in [5, 5.41) is 4.14. The van der Waals surface area contributed by atoms with E-state index in [0.29, 0.717) is 0 Å². The zero-order valence-corrected chi connectivity index (χ0v) is 12.8. The minimum absolute atomic E-state index is 0.119. The van der Waals surface area contributed by atoms with Gasteiger partial charge in [-0.2, -0.15) is 0 Å². The summed E-state index contributed by atoms with van der Waals surface area (Å²) < 4.78 is 5.48. The molecule has 116 valence electrons. The Balaban J connectivity index is 1.63. The maximum Gasteiger partial charge on any atom is 0.145 e. The molecule has 0 saturated carbocycles. The summed E-state index contributed by atoms with van der Waals surface area (Å²) in [5.74, 6) is 0.950. The maximum absolute atomic E-state index is 5.54. The van der Waals surface area contributed by atoms with Gasteiger partial charge < -0.3 is 9.25 Å². The quantitative estimate of drug-likeness (QED) is 0.787. The van der Waals surface area contributed by atoms with Crippen molar-refractivity contribution in [2.45, 2.75) is 39.0 Å². The Morgan fingerprint density at radius 3 is 2.86 bits per heavy atom. The molecule has 22 heavy (non-hydrogen) atoms. The van der Waals surface area contributed by atoms with E-state index in [-0.39, 0.29) is 6.10 Å². The van der Waals surface area contributed by atoms with Gasteiger partial charge in [0.15, 0.2) is 0 Å². The van der Waals surface area contributed by atoms with E-state index in [2.05, 4.69) is 22.0 Å². The molecule has 2 aromatic rings. The van der Waals surface area contributed by atoms with Crippen LogP contribution in [0.1, 0.15) is 31.2 Å². The second-order valence-electron chi connectivity index (χ2n) is 5.51. The molecule has 1 aliphatic heterocycles. The van der Waals surface area contributed by atoms with Crippen LogP contribution in [0.2, 0.25) is 0 Å². The highest BCUT2D eigenvalue weighted by Crippen LogP contribution is 2.17. The standard InChI is InChI=1S/C17H21N3O2/c1-2-14-10-17(22-19-14)13-20(12-16-7-5-9-21-16)11-15-6-3-4-8-18-15/h3-9,17H,2,10-13H2,1H3/t17-/m1/s1. The van der Waals surface area contributed by atoms with Crippen LogP contribution in [0.3, 0.4) is 0 Å². The summed E-state index contributed by atoms with van der Waals surface area (Å²) in [4.78, 5) is 12.2. The van der Waals surface area contributed by atoms with Crippen LogP contribution in [0, 0.1) is 0 Å². The predicted molar refractivity (Wildman–Crippen MR) is 84.3 cm³/mol. The topological polar surface area (TPSA) is 50.9 Å². The Kier molecular flexibility index (Phi) is 4.85. The lowest BCUT2D eigenvalue weighted by atomic mass is 10.1. The molecule has 1 atom stereocenters. The molecule has 5 heteroatoms. The van der Waals surface area contributed by atoms with Crippen LogP contribution >= 0.6 is 0 Å². The summed E-state index contributed by atoms with van der Waals surface area (Å²) in [6, 6.07) is 9.89. The minimum Gasteiger partial charge on any atom is -0.468 e. The summed E-state index contributed by atoms with van der Waals surface area (Å²) in [6.07, 6.45) is 5.51. The summed E-state index contributed by atoms with van der Waals surface area (Å²) in [6.45, 7) is 4.43. The molecule has 0 aliphatic carbocycles. The SMILES string of the molecule is CCC1=NO[C@@H](CN(Cc2ccccn2)Cc2ccco2)C1. The third-order valence-electron chi connectivity index (χ3n) is 3.74. The Labute approximate surface area is 130 Å². The van der Waals surface area contributed by atoms with Crippen molar-refractivity contribution >= 4 is 5.71 Å². The van der Waals surface area contributed by atoms with Crippen LogP contribution in [0.25, 0.3) is 0 Å². The van der Waals surface area contributed by atoms with E-state index >= 15 is 0 Å². The normalized spacial score (nSPS) is 17.5. The molecule has 0 radical (unpaired) electrons. The molecular formula is C17H21N3O2. The highest BCUT2D eigenvalue weighted by Gasteiger charge is 2.23. The average molecular weight is 299 g/mol. The molecule has 5 nitrogen and oxygen atoms in total. The predicted octanol–water partition coefficient (Wildman–Crippen LogP) is 3.23. The molecular weight excluding hydrogens is 278 g/mol. The Morgan fingerprint density at radius 1 is 1.23 bits per heavy atom. The van der Waals surface area contributed by atoms with Gasteiger partial charge in [-0.15, -0.1) is 0 Å². The van der Waals surface area contributed by atoms with Gasteiger partial charge in [-0.1, -0.05) is 18.1 Å². The zero-order valence-electron chi connectivity index (χ0n) is 12.8. The number of hydrogen-bond acceptors (Lipinski definition) is 5. The minimum atomic E-state index is 0.119. The fourth-order valence-corrected chi connectivity index (χ4v) is 2.61. The van der Waals surface area contributed by atoms with Crippen molar-refractivity contribution in [3.05, 3.63) is 54.2 Å². The molecule has 0 unspecified atom stereocenters. The van der Waals surface area contributed by atoms with Crippen molar-refractivity contribution in [1.29, 1.82) is 0 Å². The van der Waals surface area contributed by atoms with Crippen molar-refractivity contribution in [2.75, 3.05) is 6.54 Å². The van der Waals surface area contributed by atoms with Gasteiger partial charge in [0.2, 0.25) is 0 Å². The lowest BCUT2D eigenvalue weighted by Gasteiger charge is -2.23. The van der Waals surface area contributed by atoms with E-state index in [9.17, 15) is 0 Å². The Morgan fingerprint density at radius 2 is 2.18 bits per heavy atom. The van der Waals surface area contributed by atoms with E-state index in [0.717, 1.165) is 49.6 Å². The first-order valence-corrected chi connectivity index (χ1v) is 7.69. The van der Waals surface area contributed by atoms with E-state index in [1.54, 1.807) is 6.26 Å². The second kappa shape index (κ2) is 7.22. The molecule has 0 aromatic carbocycles. The molecule has 2 aromatic heterocycles. The number of oxime groups is 1. The van der Waals surface area contributed by atoms with Gasteiger partial charge >= 0.3 is 0 Å². The molecule has 0 saturated heterocycles. The molecule has 3 heterocycles. The molecule has 3 rings (SSSR count). The number of hydrogen-bond donors (Lipinski definition) is 0. The first kappa shape index (κ1) is 14.8. The van der Waals surface area contributed by atoms with Gasteiger partial charge in [0.1, 0.15) is 11.9 Å². The van der Waals surface area contributed by atoms with Gasteiger partial charge in [0.05, 0.1) is 24.2 Å². The van der Waals surface area contributed by atoms with Crippen molar-refractivity contribution in [3.8, 4) is 0 Å². The summed E-state index contributed by atoms with van der Waals surface area (Å²) in [7, 11) is 0. The fourth-order valence-electron chi connectivity index (χ4n) is 2.61. The number of furan rings is 1. The van der Waals surface area contributed by atoms with E-state index in [4.69, 9.17) is 9.25 Å². The number of rotatable bonds is 7. The van der Waals surface area contributed by atoms with Crippen LogP contribution in [0.4, 0.5) is 0 Å². The lowest BCUT2D eigenvalue weighted by Crippen LogP contribution is -2.32. The van der Waals surface area contributed by atoms with E-state index < -0.39 is 0 Å². The fraction of sp³-hybridized carbons (Fsp3) is 0.412. The molecule has 0 fully saturated rings. The Hall–Kier alpha value is -2.14. The molecule has 0 N–H and O–H groups in total. The van der Waals surface area contributed by atoms with Crippen molar-refractivity contribution in [1.82, 2.24) is 9.88 Å². The van der Waals surface area contributed by atoms with Gasteiger partial charge in [0.25, 0.3) is 0 Å². The van der Waals surface area contributed by atoms with Crippen molar-refractivity contribution < 1.29 is 9.25 Å². The lowest BCUT2D eigenvalue weighted by molar-refractivity contribution is 0.0456. The largest absolute Gasteiger partial charge is 0.468 e. The zero-order chi connectivity index (χ0) is 15.2. The van der Waals surface area contributed by atoms with Gasteiger partial charge in [-0.25, -0.2) is 0 Å². The second-order valence-corrected chi connectivity index (χ2v) is 5.51. The molecule has 0 spiro atoms. The first-order chi connectivity index (χ1) is 10.8. The first-order valence-electron chi connectivity index (χ1n) is 7.69. The number of pyridine rings is 1. The number of nitrogens with zero attached hydrogens (tertiary/aromatic N) is 3. The smallest absolute Gasteiger partial charge is 0.145 e. The average Bonchev–Trinajstić information content (AvgIpc) is 3.20. The van der Waals surface area contributed by atoms with Crippen molar-refractivity contribution in [2.24, 2.45) is 5.16 Å². The third-order valence-corrected chi connectivity index (χ3v) is 3.74. The number of aromatic nitrogens is 1. The van der Waals surface area contributed by atoms with Gasteiger partial charge in [-0.3, -0.25) is 9.88 Å². The van der Waals surface area contributed by atoms with Gasteiger partial charge in [-0.05, 0) is 30.7 Å². The molecule has 1 aliphatic rings. The molecule has 0 amide bonds. The maximum atomic E-state index is 5.54. The highest BCUT2D eigenvalue weighted by molar-refractivity contribution is 5.85. The van der Waals surface area contributed by atoms with Crippen LogP contribution in [-0.2, 0) is 17.9 Å². The Bertz CT molecular complexity index is 596. The van der Waals surface area contributed by atoms with Crippen LogP contribution in [0.15, 0.2) is 52.4 Å². The van der Waals surface area contributed by atoms with Crippen LogP contribution < -0.4 is 0 Å². The van der Waals surface area contributed by atoms with Crippen LogP contribution in [0.5, 0.6) is 0 Å². The molecule has 0 bridgehead atoms. The summed E-state index contributed by atoms with van der Waals surface area (Å²) >= 11 is 0. The van der Waals surface area contributed by atoms with Gasteiger partial charge in [0, 0.05) is 25.7 Å². The summed E-state index contributed by atoms with van der Waals surface area (Å²) in [5.41, 5.74) is 2.18. The van der Waals surface area contributed by atoms with Crippen LogP contribution in [-0.4, -0.2) is 28.2 Å². The van der Waals surface area contributed by atoms with E-state index in [1.807, 2.05) is 36.5 Å². The highest BCUT2D eigenvalue weighted by atomic mass is 16.6. The van der Waals surface area contributed by atoms with E-state index in [1.165, 1.54) is 0 Å². The monoisotopic (exact) mass is 299 g/mol. The third kappa shape index (κ3) is 3.95.